The lowest BCUT2D eigenvalue weighted by Crippen LogP contribution is -2.50. The molecule has 178 valence electrons. The van der Waals surface area contributed by atoms with Gasteiger partial charge in [-0.25, -0.2) is 4.79 Å². The number of nitrogens with zero attached hydrogens (tertiary/aromatic N) is 1. The highest BCUT2D eigenvalue weighted by Crippen LogP contribution is 2.44. The average Bonchev–Trinajstić information content (AvgIpc) is 2.65. The average molecular weight is 479 g/mol. The third-order valence-corrected chi connectivity index (χ3v) is 5.87. The molecule has 8 nitrogen and oxygen atoms in total. The van der Waals surface area contributed by atoms with Crippen LogP contribution in [0.25, 0.3) is 5.76 Å². The first kappa shape index (κ1) is 24.0. The number of carbonyl (C=O) groups is 1. The molecule has 1 aromatic carbocycles. The summed E-state index contributed by atoms with van der Waals surface area (Å²) in [5.41, 5.74) is -7.43. The summed E-state index contributed by atoms with van der Waals surface area (Å²) in [7, 11) is -4.55. The van der Waals surface area contributed by atoms with E-state index in [2.05, 4.69) is 4.18 Å². The number of amides is 1. The predicted molar refractivity (Wildman–Crippen MR) is 107 cm³/mol. The zero-order valence-corrected chi connectivity index (χ0v) is 18.8. The maximum atomic E-state index is 13.0. The van der Waals surface area contributed by atoms with Crippen LogP contribution in [0.15, 0.2) is 24.3 Å². The number of rotatable bonds is 3. The van der Waals surface area contributed by atoms with Crippen molar-refractivity contribution in [2.45, 2.75) is 50.3 Å². The van der Waals surface area contributed by atoms with E-state index in [0.717, 1.165) is 0 Å². The topological polar surface area (TPSA) is 91.4 Å². The summed E-state index contributed by atoms with van der Waals surface area (Å²) in [6.07, 6.45) is 1.09. The highest BCUT2D eigenvalue weighted by molar-refractivity contribution is 7.87. The molecule has 0 unspecified atom stereocenters. The fourth-order valence-corrected chi connectivity index (χ4v) is 3.83. The number of carbonyl (C=O) groups excluding carboxylic acids is 1. The van der Waals surface area contributed by atoms with Gasteiger partial charge in [0.05, 0.1) is 12.7 Å². The third-order valence-electron chi connectivity index (χ3n) is 4.90. The Morgan fingerprint density at radius 1 is 1.16 bits per heavy atom. The molecule has 1 saturated heterocycles. The van der Waals surface area contributed by atoms with E-state index in [1.165, 1.54) is 36.3 Å². The smallest absolute Gasteiger partial charge is 0.497 e. The van der Waals surface area contributed by atoms with Gasteiger partial charge >= 0.3 is 21.7 Å². The summed E-state index contributed by atoms with van der Waals surface area (Å²) in [4.78, 5) is 13.8. The van der Waals surface area contributed by atoms with Crippen LogP contribution in [0, 0.1) is 0 Å². The summed E-state index contributed by atoms with van der Waals surface area (Å²) >= 11 is 0. The summed E-state index contributed by atoms with van der Waals surface area (Å²) in [6.45, 7) is 5.59. The number of methoxy groups -OCH3 is 1. The van der Waals surface area contributed by atoms with Gasteiger partial charge in [-0.05, 0) is 39.0 Å². The molecule has 0 aromatic heterocycles. The molecule has 1 amide bonds. The van der Waals surface area contributed by atoms with Gasteiger partial charge in [-0.15, -0.1) is 0 Å². The van der Waals surface area contributed by atoms with Crippen LogP contribution in [-0.4, -0.2) is 56.3 Å². The van der Waals surface area contributed by atoms with Crippen LogP contribution in [0.3, 0.4) is 0 Å². The largest absolute Gasteiger partial charge is 0.534 e. The van der Waals surface area contributed by atoms with Gasteiger partial charge in [-0.1, -0.05) is 0 Å². The van der Waals surface area contributed by atoms with Gasteiger partial charge in [0.15, 0.2) is 5.76 Å². The Labute approximate surface area is 184 Å². The molecule has 12 heteroatoms. The van der Waals surface area contributed by atoms with Gasteiger partial charge in [-0.3, -0.25) is 0 Å². The van der Waals surface area contributed by atoms with E-state index in [4.69, 9.17) is 14.2 Å². The van der Waals surface area contributed by atoms with Gasteiger partial charge in [0.2, 0.25) is 0 Å². The Morgan fingerprint density at radius 3 is 2.31 bits per heavy atom. The van der Waals surface area contributed by atoms with E-state index in [1.807, 2.05) is 0 Å². The fourth-order valence-electron chi connectivity index (χ4n) is 3.36. The second-order valence-electron chi connectivity index (χ2n) is 8.49. The van der Waals surface area contributed by atoms with Crippen molar-refractivity contribution in [1.82, 2.24) is 4.90 Å². The highest BCUT2D eigenvalue weighted by Gasteiger charge is 2.50. The molecule has 0 atom stereocenters. The van der Waals surface area contributed by atoms with Crippen LogP contribution in [0.4, 0.5) is 18.0 Å². The van der Waals surface area contributed by atoms with Crippen LogP contribution < -0.4 is 9.47 Å². The summed E-state index contributed by atoms with van der Waals surface area (Å²) in [6, 6.07) is 4.33. The molecule has 0 aliphatic carbocycles. The molecule has 0 N–H and O–H groups in total. The summed E-state index contributed by atoms with van der Waals surface area (Å²) < 4.78 is 83.3. The van der Waals surface area contributed by atoms with Crippen LogP contribution in [0.1, 0.15) is 39.2 Å². The Kier molecular flexibility index (Phi) is 6.05. The number of hydrogen-bond acceptors (Lipinski definition) is 7. The third kappa shape index (κ3) is 5.05. The molecule has 0 radical (unpaired) electrons. The van der Waals surface area contributed by atoms with Crippen molar-refractivity contribution >= 4 is 22.0 Å². The molecule has 2 aliphatic rings. The first-order valence-corrected chi connectivity index (χ1v) is 11.1. The number of benzene rings is 1. The lowest BCUT2D eigenvalue weighted by Gasteiger charge is -2.42. The Balaban J connectivity index is 1.91. The molecule has 1 spiro atoms. The van der Waals surface area contributed by atoms with Gasteiger partial charge in [-0.2, -0.15) is 21.6 Å². The summed E-state index contributed by atoms with van der Waals surface area (Å²) in [5, 5.41) is 0. The van der Waals surface area contributed by atoms with E-state index < -0.39 is 38.7 Å². The van der Waals surface area contributed by atoms with E-state index in [9.17, 15) is 26.4 Å². The van der Waals surface area contributed by atoms with Crippen LogP contribution in [-0.2, 0) is 19.0 Å². The Morgan fingerprint density at radius 2 is 1.78 bits per heavy atom. The maximum Gasteiger partial charge on any atom is 0.534 e. The summed E-state index contributed by atoms with van der Waals surface area (Å²) in [5.74, 6) is -0.0819. The van der Waals surface area contributed by atoms with Crippen LogP contribution >= 0.6 is 0 Å². The number of piperidine rings is 1. The molecule has 0 saturated carbocycles. The second kappa shape index (κ2) is 8.05. The number of alkyl halides is 3. The first-order valence-electron chi connectivity index (χ1n) is 9.74. The minimum absolute atomic E-state index is 0.0115. The minimum atomic E-state index is -5.91. The van der Waals surface area contributed by atoms with Crippen molar-refractivity contribution in [3.63, 3.8) is 0 Å². The van der Waals surface area contributed by atoms with Crippen molar-refractivity contribution < 1.29 is 44.8 Å². The van der Waals surface area contributed by atoms with Crippen molar-refractivity contribution in [2.24, 2.45) is 0 Å². The van der Waals surface area contributed by atoms with Gasteiger partial charge < -0.3 is 23.3 Å². The van der Waals surface area contributed by atoms with Crippen LogP contribution in [0.5, 0.6) is 11.5 Å². The number of halogens is 3. The van der Waals surface area contributed by atoms with Gasteiger partial charge in [0.25, 0.3) is 0 Å². The molecule has 1 aromatic rings. The molecule has 1 fully saturated rings. The molecule has 0 bridgehead atoms. The molecular formula is C20H24F3NO7S. The lowest BCUT2D eigenvalue weighted by atomic mass is 9.87. The second-order valence-corrected chi connectivity index (χ2v) is 10.0. The fraction of sp³-hybridized carbons (Fsp3) is 0.550. The molecular weight excluding hydrogens is 455 g/mol. The molecule has 3 rings (SSSR count). The normalized spacial score (nSPS) is 18.3. The Bertz CT molecular complexity index is 1020. The predicted octanol–water partition coefficient (Wildman–Crippen LogP) is 4.06. The lowest BCUT2D eigenvalue weighted by molar-refractivity contribution is -0.0512. The van der Waals surface area contributed by atoms with Crippen molar-refractivity contribution in [3.8, 4) is 11.5 Å². The zero-order chi connectivity index (χ0) is 23.9. The minimum Gasteiger partial charge on any atom is -0.497 e. The van der Waals surface area contributed by atoms with Crippen LogP contribution in [0.2, 0.25) is 0 Å². The molecule has 32 heavy (non-hydrogen) atoms. The first-order chi connectivity index (χ1) is 14.6. The maximum absolute atomic E-state index is 13.0. The quantitative estimate of drug-likeness (QED) is 0.477. The van der Waals surface area contributed by atoms with E-state index >= 15 is 0 Å². The van der Waals surface area contributed by atoms with Crippen molar-refractivity contribution in [3.05, 3.63) is 29.8 Å². The molecule has 2 heterocycles. The zero-order valence-electron chi connectivity index (χ0n) is 18.0. The van der Waals surface area contributed by atoms with E-state index in [1.54, 1.807) is 20.8 Å². The number of hydrogen-bond donors (Lipinski definition) is 0. The Hall–Kier alpha value is -2.63. The number of likely N-dealkylation sites (tertiary alicyclic amines) is 1. The standard InChI is InChI=1S/C20H24F3NO7S/c1-18(2,3)30-17(25)24-9-7-19(8-10-24)12-16(31-32(26,27)20(21,22)23)14-11-13(28-4)5-6-15(14)29-19/h5-6,11-12H,7-10H2,1-4H3. The van der Waals surface area contributed by atoms with E-state index in [0.29, 0.717) is 0 Å². The van der Waals surface area contributed by atoms with Gasteiger partial charge in [0, 0.05) is 32.0 Å². The SMILES string of the molecule is COc1ccc2c(c1)C(OS(=O)(=O)C(F)(F)F)=CC1(CCN(C(=O)OC(C)(C)C)CC1)O2. The van der Waals surface area contributed by atoms with Gasteiger partial charge in [0.1, 0.15) is 22.7 Å². The van der Waals surface area contributed by atoms with E-state index in [-0.39, 0.29) is 43.0 Å². The number of fused-ring (bicyclic) bond motifs is 1. The number of ether oxygens (including phenoxy) is 3. The highest BCUT2D eigenvalue weighted by atomic mass is 32.2. The molecule has 2 aliphatic heterocycles. The van der Waals surface area contributed by atoms with Crippen molar-refractivity contribution in [2.75, 3.05) is 20.2 Å². The monoisotopic (exact) mass is 479 g/mol. The van der Waals surface area contributed by atoms with Crippen molar-refractivity contribution in [1.29, 1.82) is 0 Å².